The summed E-state index contributed by atoms with van der Waals surface area (Å²) in [5, 5.41) is 132. The Morgan fingerprint density at radius 2 is 0.953 bits per heavy atom. The van der Waals surface area contributed by atoms with Crippen LogP contribution in [0.15, 0.2) is 0 Å². The SMILES string of the molecule is OC[C@H]1OC(O[C@H]2[C@@H](O)[C@@H](CO)OC(O[C@H]3[C@@H](OC4OC[C@H](O)[C@H](O)[C@H]4O)[C@@H](CO)OC(O)[C@@H]3O)[C@@H]2O)[C@H](O)[C@@H](O)[C@H]1O. The quantitative estimate of drug-likeness (QED) is 0.112. The van der Waals surface area contributed by atoms with Crippen molar-refractivity contribution >= 4 is 0 Å². The fourth-order valence-electron chi connectivity index (χ4n) is 5.24. The van der Waals surface area contributed by atoms with Gasteiger partial charge in [-0.1, -0.05) is 0 Å². The van der Waals surface area contributed by atoms with Crippen LogP contribution in [0.1, 0.15) is 0 Å². The normalized spacial score (nSPS) is 53.1. The monoisotopic (exact) mass is 636 g/mol. The third-order valence-corrected chi connectivity index (χ3v) is 7.81. The molecule has 252 valence electrons. The second-order valence-electron chi connectivity index (χ2n) is 10.7. The first kappa shape index (κ1) is 35.1. The molecule has 13 N–H and O–H groups in total. The molecule has 0 aromatic heterocycles. The van der Waals surface area contributed by atoms with Crippen LogP contribution in [0.3, 0.4) is 0 Å². The van der Waals surface area contributed by atoms with Crippen LogP contribution in [0.25, 0.3) is 0 Å². The van der Waals surface area contributed by atoms with Crippen LogP contribution in [0.5, 0.6) is 0 Å². The van der Waals surface area contributed by atoms with Crippen molar-refractivity contribution in [2.45, 2.75) is 117 Å². The largest absolute Gasteiger partial charge is 0.394 e. The molecule has 4 unspecified atom stereocenters. The van der Waals surface area contributed by atoms with Gasteiger partial charge in [0.2, 0.25) is 0 Å². The molecule has 19 atom stereocenters. The molecule has 20 nitrogen and oxygen atoms in total. The molecule has 4 aliphatic rings. The van der Waals surface area contributed by atoms with E-state index in [1.807, 2.05) is 0 Å². The van der Waals surface area contributed by atoms with Gasteiger partial charge in [-0.2, -0.15) is 0 Å². The predicted molar refractivity (Wildman–Crippen MR) is 128 cm³/mol. The molecule has 0 spiro atoms. The lowest BCUT2D eigenvalue weighted by Crippen LogP contribution is -2.67. The summed E-state index contributed by atoms with van der Waals surface area (Å²) >= 11 is 0. The molecule has 43 heavy (non-hydrogen) atoms. The minimum Gasteiger partial charge on any atom is -0.394 e. The Balaban J connectivity index is 1.56. The topological polar surface area (TPSA) is 328 Å². The third kappa shape index (κ3) is 7.13. The molecule has 20 heteroatoms. The van der Waals surface area contributed by atoms with Gasteiger partial charge < -0.3 is 99.5 Å². The molecule has 4 saturated heterocycles. The van der Waals surface area contributed by atoms with Crippen molar-refractivity contribution in [3.63, 3.8) is 0 Å². The van der Waals surface area contributed by atoms with Crippen molar-refractivity contribution in [1.82, 2.24) is 0 Å². The molecule has 0 saturated carbocycles. The zero-order valence-corrected chi connectivity index (χ0v) is 22.5. The summed E-state index contributed by atoms with van der Waals surface area (Å²) in [5.41, 5.74) is 0. The summed E-state index contributed by atoms with van der Waals surface area (Å²) in [6.07, 6.45) is -33.4. The molecule has 0 aromatic carbocycles. The summed E-state index contributed by atoms with van der Waals surface area (Å²) in [6.45, 7) is -3.02. The van der Waals surface area contributed by atoms with E-state index in [0.29, 0.717) is 0 Å². The molecule has 0 amide bonds. The van der Waals surface area contributed by atoms with E-state index in [2.05, 4.69) is 0 Å². The standard InChI is InChI=1S/C23H40O20/c24-1-6-10(29)12(31)14(33)22(39-6)42-18-11(30)7(2-25)40-23(16(18)35)43-19-15(34)20(36)38-8(3-26)17(19)41-21-13(32)9(28)5(27)4-37-21/h5-36H,1-4H2/t5-,6+,7+,8+,9-,10-,11-,12-,13+,14+,15+,16+,17-,18-,19+,20?,21?,22?,23?/m0/s1. The lowest BCUT2D eigenvalue weighted by atomic mass is 9.95. The Morgan fingerprint density at radius 1 is 0.442 bits per heavy atom. The summed E-state index contributed by atoms with van der Waals surface area (Å²) in [7, 11) is 0. The fourth-order valence-corrected chi connectivity index (χ4v) is 5.24. The Labute approximate surface area is 243 Å². The predicted octanol–water partition coefficient (Wildman–Crippen LogP) is -9.11. The first-order valence-corrected chi connectivity index (χ1v) is 13.5. The molecule has 0 radical (unpaired) electrons. The number of hydrogen-bond acceptors (Lipinski definition) is 20. The first-order valence-electron chi connectivity index (χ1n) is 13.5. The van der Waals surface area contributed by atoms with Gasteiger partial charge in [0.05, 0.1) is 26.4 Å². The second-order valence-corrected chi connectivity index (χ2v) is 10.7. The molecule has 0 aromatic rings. The Kier molecular flexibility index (Phi) is 12.0. The summed E-state index contributed by atoms with van der Waals surface area (Å²) < 4.78 is 37.9. The maximum absolute atomic E-state index is 11.1. The van der Waals surface area contributed by atoms with E-state index in [1.54, 1.807) is 0 Å². The highest BCUT2D eigenvalue weighted by atomic mass is 16.8. The minimum atomic E-state index is -2.03. The maximum Gasteiger partial charge on any atom is 0.187 e. The zero-order valence-electron chi connectivity index (χ0n) is 22.5. The number of aliphatic hydroxyl groups is 13. The van der Waals surface area contributed by atoms with Crippen LogP contribution in [0.2, 0.25) is 0 Å². The van der Waals surface area contributed by atoms with Crippen molar-refractivity contribution < 1.29 is 99.5 Å². The lowest BCUT2D eigenvalue weighted by molar-refractivity contribution is -0.390. The summed E-state index contributed by atoms with van der Waals surface area (Å²) in [5.74, 6) is 0. The van der Waals surface area contributed by atoms with Crippen LogP contribution >= 0.6 is 0 Å². The zero-order chi connectivity index (χ0) is 31.7. The highest BCUT2D eigenvalue weighted by Gasteiger charge is 2.55. The minimum absolute atomic E-state index is 0.478. The summed E-state index contributed by atoms with van der Waals surface area (Å²) in [6, 6.07) is 0. The van der Waals surface area contributed by atoms with Crippen LogP contribution in [-0.2, 0) is 33.2 Å². The van der Waals surface area contributed by atoms with Gasteiger partial charge in [0.15, 0.2) is 25.2 Å². The van der Waals surface area contributed by atoms with E-state index in [9.17, 15) is 66.4 Å². The Bertz CT molecular complexity index is 869. The van der Waals surface area contributed by atoms with E-state index in [1.165, 1.54) is 0 Å². The maximum atomic E-state index is 11.1. The highest BCUT2D eigenvalue weighted by Crippen LogP contribution is 2.34. The smallest absolute Gasteiger partial charge is 0.187 e. The van der Waals surface area contributed by atoms with Crippen LogP contribution in [-0.4, -0.2) is 210 Å². The van der Waals surface area contributed by atoms with E-state index >= 15 is 0 Å². The first-order chi connectivity index (χ1) is 20.3. The average Bonchev–Trinajstić information content (AvgIpc) is 2.99. The molecule has 4 rings (SSSR count). The van der Waals surface area contributed by atoms with Gasteiger partial charge in [0, 0.05) is 0 Å². The number of rotatable bonds is 9. The Morgan fingerprint density at radius 3 is 1.56 bits per heavy atom. The molecule has 4 heterocycles. The van der Waals surface area contributed by atoms with Crippen molar-refractivity contribution in [3.8, 4) is 0 Å². The Hall–Kier alpha value is -0.800. The second kappa shape index (κ2) is 14.7. The number of aliphatic hydroxyl groups excluding tert-OH is 13. The van der Waals surface area contributed by atoms with Gasteiger partial charge in [-0.15, -0.1) is 0 Å². The average molecular weight is 637 g/mol. The lowest BCUT2D eigenvalue weighted by Gasteiger charge is -2.49. The summed E-state index contributed by atoms with van der Waals surface area (Å²) in [4.78, 5) is 0. The van der Waals surface area contributed by atoms with Gasteiger partial charge in [-0.25, -0.2) is 0 Å². The van der Waals surface area contributed by atoms with E-state index in [-0.39, 0.29) is 0 Å². The van der Waals surface area contributed by atoms with Crippen LogP contribution in [0, 0.1) is 0 Å². The molecule has 0 aliphatic carbocycles. The number of ether oxygens (including phenoxy) is 7. The van der Waals surface area contributed by atoms with Crippen LogP contribution < -0.4 is 0 Å². The van der Waals surface area contributed by atoms with Gasteiger partial charge in [-0.05, 0) is 0 Å². The van der Waals surface area contributed by atoms with Crippen molar-refractivity contribution in [2.75, 3.05) is 26.4 Å². The van der Waals surface area contributed by atoms with Crippen molar-refractivity contribution in [2.24, 2.45) is 0 Å². The van der Waals surface area contributed by atoms with Crippen LogP contribution in [0.4, 0.5) is 0 Å². The highest BCUT2D eigenvalue weighted by molar-refractivity contribution is 4.97. The van der Waals surface area contributed by atoms with Crippen molar-refractivity contribution in [1.29, 1.82) is 0 Å². The van der Waals surface area contributed by atoms with Gasteiger partial charge in [0.1, 0.15) is 91.6 Å². The molecular formula is C23H40O20. The van der Waals surface area contributed by atoms with E-state index in [0.717, 1.165) is 0 Å². The fraction of sp³-hybridized carbons (Fsp3) is 1.00. The van der Waals surface area contributed by atoms with E-state index in [4.69, 9.17) is 33.2 Å². The third-order valence-electron chi connectivity index (χ3n) is 7.81. The van der Waals surface area contributed by atoms with Crippen molar-refractivity contribution in [3.05, 3.63) is 0 Å². The van der Waals surface area contributed by atoms with E-state index < -0.39 is 143 Å². The molecule has 4 aliphatic heterocycles. The molecular weight excluding hydrogens is 596 g/mol. The van der Waals surface area contributed by atoms with Gasteiger partial charge in [0.25, 0.3) is 0 Å². The van der Waals surface area contributed by atoms with Gasteiger partial charge >= 0.3 is 0 Å². The van der Waals surface area contributed by atoms with Gasteiger partial charge in [-0.3, -0.25) is 0 Å². The molecule has 0 bridgehead atoms. The molecule has 4 fully saturated rings. The number of hydrogen-bond donors (Lipinski definition) is 13.